The van der Waals surface area contributed by atoms with Crippen molar-refractivity contribution in [3.8, 4) is 0 Å². The molecule has 1 atom stereocenters. The lowest BCUT2D eigenvalue weighted by Gasteiger charge is -2.31. The van der Waals surface area contributed by atoms with Crippen LogP contribution in [0.15, 0.2) is 16.6 Å². The summed E-state index contributed by atoms with van der Waals surface area (Å²) in [6.45, 7) is 3.38. The van der Waals surface area contributed by atoms with Crippen molar-refractivity contribution in [1.29, 1.82) is 0 Å². The maximum absolute atomic E-state index is 11.0. The van der Waals surface area contributed by atoms with Gasteiger partial charge in [0, 0.05) is 17.6 Å². The van der Waals surface area contributed by atoms with Gasteiger partial charge in [-0.25, -0.2) is 4.98 Å². The van der Waals surface area contributed by atoms with E-state index in [1.54, 1.807) is 0 Å². The lowest BCUT2D eigenvalue weighted by Crippen LogP contribution is -2.39. The van der Waals surface area contributed by atoms with E-state index in [4.69, 9.17) is 5.11 Å². The Balaban J connectivity index is 2.16. The number of aliphatic carboxylic acids is 1. The predicted octanol–water partition coefficient (Wildman–Crippen LogP) is 2.45. The average Bonchev–Trinajstić information content (AvgIpc) is 2.33. The first-order valence-corrected chi connectivity index (χ1v) is 6.48. The van der Waals surface area contributed by atoms with Crippen LogP contribution in [-0.2, 0) is 4.79 Å². The highest BCUT2D eigenvalue weighted by Gasteiger charge is 2.26. The summed E-state index contributed by atoms with van der Waals surface area (Å²) >= 11 is 3.41. The molecule has 4 nitrogen and oxygen atoms in total. The molecule has 1 N–H and O–H groups in total. The number of halogens is 1. The lowest BCUT2D eigenvalue weighted by molar-refractivity contribution is -0.141. The van der Waals surface area contributed by atoms with Crippen LogP contribution in [0.25, 0.3) is 0 Å². The maximum atomic E-state index is 11.0. The van der Waals surface area contributed by atoms with E-state index in [1.807, 2.05) is 19.1 Å². The Kier molecular flexibility index (Phi) is 3.66. The molecule has 0 aromatic carbocycles. The molecule has 0 amide bonds. The number of rotatable bonds is 2. The third kappa shape index (κ3) is 2.77. The van der Waals surface area contributed by atoms with Crippen molar-refractivity contribution in [2.24, 2.45) is 5.92 Å². The highest BCUT2D eigenvalue weighted by atomic mass is 79.9. The number of hydrogen-bond acceptors (Lipinski definition) is 3. The zero-order valence-corrected chi connectivity index (χ0v) is 11.3. The number of hydrogen-bond donors (Lipinski definition) is 1. The van der Waals surface area contributed by atoms with Gasteiger partial charge in [-0.3, -0.25) is 4.79 Å². The third-order valence-electron chi connectivity index (χ3n) is 3.10. The van der Waals surface area contributed by atoms with Gasteiger partial charge in [0.1, 0.15) is 5.82 Å². The van der Waals surface area contributed by atoms with Gasteiger partial charge in [-0.1, -0.05) is 0 Å². The maximum Gasteiger partial charge on any atom is 0.308 e. The molecule has 17 heavy (non-hydrogen) atoms. The summed E-state index contributed by atoms with van der Waals surface area (Å²) in [5.74, 6) is -0.102. The number of carboxylic acid groups (broad SMARTS) is 1. The van der Waals surface area contributed by atoms with Gasteiger partial charge in [-0.2, -0.15) is 0 Å². The number of aromatic nitrogens is 1. The van der Waals surface area contributed by atoms with Crippen molar-refractivity contribution >= 4 is 27.7 Å². The second-order valence-electron chi connectivity index (χ2n) is 4.36. The highest BCUT2D eigenvalue weighted by Crippen LogP contribution is 2.24. The van der Waals surface area contributed by atoms with Gasteiger partial charge in [0.05, 0.1) is 11.6 Å². The number of carbonyl (C=O) groups is 1. The van der Waals surface area contributed by atoms with Gasteiger partial charge in [0.15, 0.2) is 0 Å². The summed E-state index contributed by atoms with van der Waals surface area (Å²) in [7, 11) is 0. The molecule has 1 fully saturated rings. The number of carboxylic acids is 1. The second kappa shape index (κ2) is 5.04. The monoisotopic (exact) mass is 298 g/mol. The lowest BCUT2D eigenvalue weighted by atomic mass is 9.98. The molecule has 1 aliphatic rings. The zero-order chi connectivity index (χ0) is 12.4. The van der Waals surface area contributed by atoms with Gasteiger partial charge in [0.25, 0.3) is 0 Å². The van der Waals surface area contributed by atoms with E-state index in [9.17, 15) is 4.79 Å². The van der Waals surface area contributed by atoms with Gasteiger partial charge in [0.2, 0.25) is 0 Å². The number of aryl methyl sites for hydroxylation is 1. The normalized spacial score (nSPS) is 20.4. The molecule has 0 radical (unpaired) electrons. The van der Waals surface area contributed by atoms with Gasteiger partial charge >= 0.3 is 5.97 Å². The summed E-state index contributed by atoms with van der Waals surface area (Å²) < 4.78 is 0.980. The molecule has 0 saturated carbocycles. The molecule has 0 spiro atoms. The van der Waals surface area contributed by atoms with Crippen LogP contribution in [0, 0.1) is 12.8 Å². The molecule has 1 saturated heterocycles. The first kappa shape index (κ1) is 12.4. The standard InChI is InChI=1S/C12H15BrN2O2/c1-8-10(13)4-5-11(14-8)15-6-2-3-9(7-15)12(16)17/h4-5,9H,2-3,6-7H2,1H3,(H,16,17). The molecule has 5 heteroatoms. The minimum absolute atomic E-state index is 0.269. The Morgan fingerprint density at radius 3 is 3.00 bits per heavy atom. The van der Waals surface area contributed by atoms with E-state index in [0.29, 0.717) is 6.54 Å². The quantitative estimate of drug-likeness (QED) is 0.911. The van der Waals surface area contributed by atoms with Gasteiger partial charge in [-0.05, 0) is 47.8 Å². The first-order chi connectivity index (χ1) is 8.08. The Hall–Kier alpha value is -1.10. The van der Waals surface area contributed by atoms with Crippen LogP contribution in [-0.4, -0.2) is 29.1 Å². The fourth-order valence-electron chi connectivity index (χ4n) is 2.09. The Morgan fingerprint density at radius 1 is 1.59 bits per heavy atom. The van der Waals surface area contributed by atoms with E-state index in [0.717, 1.165) is 35.4 Å². The molecule has 0 bridgehead atoms. The molecular weight excluding hydrogens is 284 g/mol. The van der Waals surface area contributed by atoms with Crippen LogP contribution >= 0.6 is 15.9 Å². The van der Waals surface area contributed by atoms with Crippen molar-refractivity contribution in [2.45, 2.75) is 19.8 Å². The van der Waals surface area contributed by atoms with Crippen molar-refractivity contribution < 1.29 is 9.90 Å². The number of anilines is 1. The van der Waals surface area contributed by atoms with E-state index in [-0.39, 0.29) is 5.92 Å². The minimum Gasteiger partial charge on any atom is -0.481 e. The first-order valence-electron chi connectivity index (χ1n) is 5.69. The smallest absolute Gasteiger partial charge is 0.308 e. The summed E-state index contributed by atoms with van der Waals surface area (Å²) in [6.07, 6.45) is 1.68. The van der Waals surface area contributed by atoms with Gasteiger partial charge < -0.3 is 10.0 Å². The molecule has 1 aromatic rings. The average molecular weight is 299 g/mol. The summed E-state index contributed by atoms with van der Waals surface area (Å²) in [5.41, 5.74) is 0.931. The third-order valence-corrected chi connectivity index (χ3v) is 3.94. The molecular formula is C12H15BrN2O2. The summed E-state index contributed by atoms with van der Waals surface area (Å²) in [5, 5.41) is 9.05. The predicted molar refractivity (Wildman–Crippen MR) is 69.2 cm³/mol. The second-order valence-corrected chi connectivity index (χ2v) is 5.21. The highest BCUT2D eigenvalue weighted by molar-refractivity contribution is 9.10. The fraction of sp³-hybridized carbons (Fsp3) is 0.500. The van der Waals surface area contributed by atoms with Crippen LogP contribution in [0.2, 0.25) is 0 Å². The Labute approximate surface area is 109 Å². The zero-order valence-electron chi connectivity index (χ0n) is 9.69. The van der Waals surface area contributed by atoms with Crippen LogP contribution in [0.4, 0.5) is 5.82 Å². The molecule has 1 aliphatic heterocycles. The van der Waals surface area contributed by atoms with E-state index >= 15 is 0 Å². The largest absolute Gasteiger partial charge is 0.481 e. The van der Waals surface area contributed by atoms with Crippen LogP contribution < -0.4 is 4.90 Å². The Bertz CT molecular complexity index is 437. The topological polar surface area (TPSA) is 53.4 Å². The van der Waals surface area contributed by atoms with E-state index in [2.05, 4.69) is 25.8 Å². The number of nitrogens with zero attached hydrogens (tertiary/aromatic N) is 2. The summed E-state index contributed by atoms with van der Waals surface area (Å²) in [6, 6.07) is 3.89. The van der Waals surface area contributed by atoms with Gasteiger partial charge in [-0.15, -0.1) is 0 Å². The molecule has 0 aliphatic carbocycles. The fourth-order valence-corrected chi connectivity index (χ4v) is 2.31. The molecule has 1 aromatic heterocycles. The van der Waals surface area contributed by atoms with E-state index in [1.165, 1.54) is 0 Å². The van der Waals surface area contributed by atoms with Crippen molar-refractivity contribution in [1.82, 2.24) is 4.98 Å². The number of pyridine rings is 1. The van der Waals surface area contributed by atoms with Crippen LogP contribution in [0.1, 0.15) is 18.5 Å². The summed E-state index contributed by atoms with van der Waals surface area (Å²) in [4.78, 5) is 17.5. The van der Waals surface area contributed by atoms with Crippen molar-refractivity contribution in [3.05, 3.63) is 22.3 Å². The van der Waals surface area contributed by atoms with Crippen molar-refractivity contribution in [3.63, 3.8) is 0 Å². The van der Waals surface area contributed by atoms with E-state index < -0.39 is 5.97 Å². The molecule has 92 valence electrons. The number of piperidine rings is 1. The molecule has 2 rings (SSSR count). The van der Waals surface area contributed by atoms with Crippen molar-refractivity contribution in [2.75, 3.05) is 18.0 Å². The SMILES string of the molecule is Cc1nc(N2CCCC(C(=O)O)C2)ccc1Br. The minimum atomic E-state index is -0.705. The van der Waals surface area contributed by atoms with Crippen LogP contribution in [0.5, 0.6) is 0 Å². The molecule has 1 unspecified atom stereocenters. The molecule has 2 heterocycles. The Morgan fingerprint density at radius 2 is 2.35 bits per heavy atom. The van der Waals surface area contributed by atoms with Crippen LogP contribution in [0.3, 0.4) is 0 Å².